The molecule has 4 rings (SSSR count). The van der Waals surface area contributed by atoms with Crippen LogP contribution in [0.15, 0.2) is 36.5 Å². The Morgan fingerprint density at radius 1 is 1.35 bits per heavy atom. The molecule has 0 bridgehead atoms. The van der Waals surface area contributed by atoms with Crippen molar-refractivity contribution in [2.75, 3.05) is 26.4 Å². The molecular weight excluding hydrogens is 397 g/mol. The smallest absolute Gasteiger partial charge is 0.252 e. The number of hydrogen-bond donors (Lipinski definition) is 2. The molecule has 0 spiro atoms. The molecule has 1 aromatic heterocycles. The number of aryl methyl sites for hydroxylation is 1. The van der Waals surface area contributed by atoms with Gasteiger partial charge < -0.3 is 20.7 Å². The average molecular weight is 423 g/mol. The number of carbonyl (C=O) groups excluding carboxylic acids is 1. The van der Waals surface area contributed by atoms with Crippen LogP contribution in [-0.4, -0.2) is 47.5 Å². The fourth-order valence-electron chi connectivity index (χ4n) is 4.32. The summed E-state index contributed by atoms with van der Waals surface area (Å²) in [6.07, 6.45) is 3.34. The highest BCUT2D eigenvalue weighted by Crippen LogP contribution is 2.31. The third kappa shape index (κ3) is 4.16. The van der Waals surface area contributed by atoms with E-state index < -0.39 is 5.82 Å². The first kappa shape index (κ1) is 21.0. The molecule has 0 radical (unpaired) electrons. The van der Waals surface area contributed by atoms with Gasteiger partial charge in [0.15, 0.2) is 0 Å². The van der Waals surface area contributed by atoms with Gasteiger partial charge in [-0.1, -0.05) is 12.1 Å². The van der Waals surface area contributed by atoms with Gasteiger partial charge in [0.25, 0.3) is 5.91 Å². The van der Waals surface area contributed by atoms with E-state index in [9.17, 15) is 9.18 Å². The van der Waals surface area contributed by atoms with Gasteiger partial charge in [-0.2, -0.15) is 0 Å². The summed E-state index contributed by atoms with van der Waals surface area (Å²) in [6, 6.07) is 8.56. The van der Waals surface area contributed by atoms with Crippen molar-refractivity contribution in [1.82, 2.24) is 20.2 Å². The average Bonchev–Trinajstić information content (AvgIpc) is 3.16. The van der Waals surface area contributed by atoms with E-state index in [1.807, 2.05) is 25.1 Å². The summed E-state index contributed by atoms with van der Waals surface area (Å²) in [6.45, 7) is 2.94. The van der Waals surface area contributed by atoms with E-state index in [0.717, 1.165) is 36.3 Å². The van der Waals surface area contributed by atoms with Crippen LogP contribution in [0.1, 0.15) is 40.4 Å². The first-order valence-corrected chi connectivity index (χ1v) is 10.2. The lowest BCUT2D eigenvalue weighted by atomic mass is 9.95. The van der Waals surface area contributed by atoms with Gasteiger partial charge in [-0.05, 0) is 62.7 Å². The van der Waals surface area contributed by atoms with Crippen LogP contribution in [0.3, 0.4) is 0 Å². The second kappa shape index (κ2) is 8.47. The summed E-state index contributed by atoms with van der Waals surface area (Å²) in [4.78, 5) is 23.3. The van der Waals surface area contributed by atoms with Gasteiger partial charge in [0.1, 0.15) is 11.6 Å². The number of carbonyl (C=O) groups is 1. The van der Waals surface area contributed by atoms with E-state index in [-0.39, 0.29) is 34.9 Å². The van der Waals surface area contributed by atoms with Crippen molar-refractivity contribution in [2.45, 2.75) is 31.8 Å². The van der Waals surface area contributed by atoms with Crippen LogP contribution in [0, 0.1) is 12.7 Å². The summed E-state index contributed by atoms with van der Waals surface area (Å²) < 4.78 is 20.0. The highest BCUT2D eigenvalue weighted by atomic mass is 19.1. The van der Waals surface area contributed by atoms with Gasteiger partial charge >= 0.3 is 0 Å². The number of nitrogens with two attached hydrogens (primary N) is 1. The van der Waals surface area contributed by atoms with Crippen molar-refractivity contribution >= 4 is 22.8 Å². The largest absolute Gasteiger partial charge is 0.496 e. The zero-order chi connectivity index (χ0) is 22.1. The second-order valence-corrected chi connectivity index (χ2v) is 7.99. The zero-order valence-corrected chi connectivity index (χ0v) is 17.9. The highest BCUT2D eigenvalue weighted by molar-refractivity contribution is 5.98. The number of ether oxygens (including phenoxy) is 1. The number of fused-ring (bicyclic) bond motifs is 1. The zero-order valence-electron chi connectivity index (χ0n) is 17.9. The van der Waals surface area contributed by atoms with Crippen LogP contribution >= 0.6 is 0 Å². The fourth-order valence-corrected chi connectivity index (χ4v) is 4.32. The Morgan fingerprint density at radius 3 is 2.84 bits per heavy atom. The molecule has 1 fully saturated rings. The molecule has 2 unspecified atom stereocenters. The normalized spacial score (nSPS) is 17.6. The van der Waals surface area contributed by atoms with Gasteiger partial charge in [-0.25, -0.2) is 14.4 Å². The number of benzene rings is 2. The summed E-state index contributed by atoms with van der Waals surface area (Å²) in [5.41, 5.74) is 8.10. The number of hydrogen-bond acceptors (Lipinski definition) is 6. The summed E-state index contributed by atoms with van der Waals surface area (Å²) in [5, 5.41) is 3.36. The standard InChI is InChI=1S/C23H26FN5O2/c1-13-9-14(6-7-20(13)31-3)21(19-5-4-8-29(19)2)28-22(30)15-10-17(24)16-12-26-23(25)27-18(16)11-15/h6-7,9-12,19,21H,4-5,8H2,1-3H3,(H,28,30)(H2,25,26,27). The molecule has 162 valence electrons. The SMILES string of the molecule is COc1ccc(C(NC(=O)c2cc(F)c3cnc(N)nc3c2)C2CCCN2C)cc1C. The molecule has 2 aromatic carbocycles. The van der Waals surface area contributed by atoms with Crippen LogP contribution in [0.5, 0.6) is 5.75 Å². The number of halogens is 1. The molecule has 2 heterocycles. The lowest BCUT2D eigenvalue weighted by Crippen LogP contribution is -2.41. The van der Waals surface area contributed by atoms with Crippen LogP contribution < -0.4 is 15.8 Å². The molecule has 1 aliphatic rings. The number of likely N-dealkylation sites (tertiary alicyclic amines) is 1. The molecule has 0 aliphatic carbocycles. The number of anilines is 1. The van der Waals surface area contributed by atoms with Crippen LogP contribution in [-0.2, 0) is 0 Å². The van der Waals surface area contributed by atoms with Crippen molar-refractivity contribution in [3.8, 4) is 5.75 Å². The lowest BCUT2D eigenvalue weighted by molar-refractivity contribution is 0.0912. The predicted molar refractivity (Wildman–Crippen MR) is 117 cm³/mol. The Morgan fingerprint density at radius 2 is 2.16 bits per heavy atom. The quantitative estimate of drug-likeness (QED) is 0.655. The molecule has 2 atom stereocenters. The van der Waals surface area contributed by atoms with Crippen LogP contribution in [0.2, 0.25) is 0 Å². The van der Waals surface area contributed by atoms with Crippen molar-refractivity contribution in [3.05, 3.63) is 59.0 Å². The predicted octanol–water partition coefficient (Wildman–Crippen LogP) is 3.23. The second-order valence-electron chi connectivity index (χ2n) is 7.99. The number of nitrogen functional groups attached to an aromatic ring is 1. The van der Waals surface area contributed by atoms with Gasteiger partial charge in [-0.3, -0.25) is 4.79 Å². The molecule has 1 aliphatic heterocycles. The molecule has 31 heavy (non-hydrogen) atoms. The number of aromatic nitrogens is 2. The molecule has 1 saturated heterocycles. The maximum Gasteiger partial charge on any atom is 0.252 e. The topological polar surface area (TPSA) is 93.4 Å². The van der Waals surface area contributed by atoms with Crippen molar-refractivity contribution in [3.63, 3.8) is 0 Å². The minimum atomic E-state index is -0.558. The molecule has 7 nitrogen and oxygen atoms in total. The maximum atomic E-state index is 14.6. The first-order chi connectivity index (χ1) is 14.9. The monoisotopic (exact) mass is 423 g/mol. The molecule has 8 heteroatoms. The Hall–Kier alpha value is -3.26. The van der Waals surface area contributed by atoms with E-state index >= 15 is 0 Å². The lowest BCUT2D eigenvalue weighted by Gasteiger charge is -2.30. The van der Waals surface area contributed by atoms with E-state index in [1.165, 1.54) is 12.3 Å². The molecule has 3 aromatic rings. The Kier molecular flexibility index (Phi) is 5.73. The number of methoxy groups -OCH3 is 1. The maximum absolute atomic E-state index is 14.6. The molecule has 0 saturated carbocycles. The fraction of sp³-hybridized carbons (Fsp3) is 0.348. The van der Waals surface area contributed by atoms with Gasteiger partial charge in [-0.15, -0.1) is 0 Å². The Bertz CT molecular complexity index is 1140. The summed E-state index contributed by atoms with van der Waals surface area (Å²) >= 11 is 0. The molecule has 1 amide bonds. The molecular formula is C23H26FN5O2. The minimum Gasteiger partial charge on any atom is -0.496 e. The summed E-state index contributed by atoms with van der Waals surface area (Å²) in [5.74, 6) is -0.0969. The van der Waals surface area contributed by atoms with E-state index in [1.54, 1.807) is 13.2 Å². The summed E-state index contributed by atoms with van der Waals surface area (Å²) in [7, 11) is 3.69. The number of amides is 1. The van der Waals surface area contributed by atoms with Crippen molar-refractivity contribution in [2.24, 2.45) is 0 Å². The van der Waals surface area contributed by atoms with Gasteiger partial charge in [0.05, 0.1) is 24.1 Å². The first-order valence-electron chi connectivity index (χ1n) is 10.2. The number of rotatable bonds is 5. The van der Waals surface area contributed by atoms with Crippen LogP contribution in [0.4, 0.5) is 10.3 Å². The van der Waals surface area contributed by atoms with Crippen molar-refractivity contribution < 1.29 is 13.9 Å². The van der Waals surface area contributed by atoms with Gasteiger partial charge in [0, 0.05) is 17.8 Å². The van der Waals surface area contributed by atoms with E-state index in [0.29, 0.717) is 5.52 Å². The van der Waals surface area contributed by atoms with Gasteiger partial charge in [0.2, 0.25) is 5.95 Å². The number of nitrogens with one attached hydrogen (secondary N) is 1. The highest BCUT2D eigenvalue weighted by Gasteiger charge is 2.32. The van der Waals surface area contributed by atoms with Crippen molar-refractivity contribution in [1.29, 1.82) is 0 Å². The molecule has 3 N–H and O–H groups in total. The third-order valence-corrected chi connectivity index (χ3v) is 5.96. The minimum absolute atomic E-state index is 0.0311. The van der Waals surface area contributed by atoms with Crippen LogP contribution in [0.25, 0.3) is 10.9 Å². The Labute approximate surface area is 180 Å². The number of likely N-dealkylation sites (N-methyl/N-ethyl adjacent to an activating group) is 1. The Balaban J connectivity index is 1.69. The number of nitrogens with zero attached hydrogens (tertiary/aromatic N) is 3. The third-order valence-electron chi connectivity index (χ3n) is 5.96. The van der Waals surface area contributed by atoms with E-state index in [4.69, 9.17) is 10.5 Å². The van der Waals surface area contributed by atoms with E-state index in [2.05, 4.69) is 27.2 Å².